The van der Waals surface area contributed by atoms with Crippen molar-refractivity contribution < 1.29 is 33.6 Å². The number of carbonyl (C=O) groups excluding carboxylic acids is 2. The fourth-order valence-electron chi connectivity index (χ4n) is 4.98. The summed E-state index contributed by atoms with van der Waals surface area (Å²) in [5.74, 6) is -0.733. The summed E-state index contributed by atoms with van der Waals surface area (Å²) in [5.41, 5.74) is -0.212. The number of para-hydroxylation sites is 1. The number of aromatic nitrogens is 1. The van der Waals surface area contributed by atoms with E-state index in [1.807, 2.05) is 37.3 Å². The molecule has 9 heteroatoms. The number of amides is 1. The zero-order valence-electron chi connectivity index (χ0n) is 21.4. The minimum atomic E-state index is -0.888. The molecular formula is C28H36N2O7. The number of aromatic hydroxyl groups is 1. The summed E-state index contributed by atoms with van der Waals surface area (Å²) >= 11 is 0. The molecule has 1 aromatic heterocycles. The van der Waals surface area contributed by atoms with Crippen molar-refractivity contribution in [3.8, 4) is 17.2 Å². The summed E-state index contributed by atoms with van der Waals surface area (Å²) < 4.78 is 23.8. The Hall–Kier alpha value is -3.33. The van der Waals surface area contributed by atoms with E-state index in [9.17, 15) is 14.7 Å². The predicted octanol–water partition coefficient (Wildman–Crippen LogP) is 4.18. The minimum Gasteiger partial charge on any atom is -0.503 e. The van der Waals surface area contributed by atoms with Crippen molar-refractivity contribution >= 4 is 11.9 Å². The van der Waals surface area contributed by atoms with Gasteiger partial charge in [-0.1, -0.05) is 37.5 Å². The third-order valence-corrected chi connectivity index (χ3v) is 6.96. The summed E-state index contributed by atoms with van der Waals surface area (Å²) in [6, 6.07) is 10.2. The summed E-state index contributed by atoms with van der Waals surface area (Å²) in [6.45, 7) is 1.81. The molecule has 2 N–H and O–H groups in total. The lowest BCUT2D eigenvalue weighted by atomic mass is 9.98. The van der Waals surface area contributed by atoms with Gasteiger partial charge >= 0.3 is 5.97 Å². The molecule has 9 nitrogen and oxygen atoms in total. The normalized spacial score (nSPS) is 25.2. The molecule has 2 aromatic rings. The van der Waals surface area contributed by atoms with Crippen molar-refractivity contribution in [3.63, 3.8) is 0 Å². The first-order valence-corrected chi connectivity index (χ1v) is 13.1. The molecule has 1 aliphatic carbocycles. The van der Waals surface area contributed by atoms with Crippen LogP contribution in [0.2, 0.25) is 0 Å². The number of hydrogen-bond donors (Lipinski definition) is 2. The van der Waals surface area contributed by atoms with E-state index >= 15 is 0 Å². The quantitative estimate of drug-likeness (QED) is 0.531. The van der Waals surface area contributed by atoms with E-state index < -0.39 is 30.1 Å². The Morgan fingerprint density at radius 2 is 1.76 bits per heavy atom. The van der Waals surface area contributed by atoms with Gasteiger partial charge in [-0.15, -0.1) is 0 Å². The summed E-state index contributed by atoms with van der Waals surface area (Å²) in [7, 11) is 1.38. The van der Waals surface area contributed by atoms with Gasteiger partial charge in [-0.2, -0.15) is 0 Å². The van der Waals surface area contributed by atoms with Gasteiger partial charge in [-0.25, -0.2) is 9.78 Å². The molecule has 0 radical (unpaired) electrons. The number of benzene rings is 1. The number of methoxy groups -OCH3 is 1. The fraction of sp³-hybridized carbons (Fsp3) is 0.536. The first-order valence-electron chi connectivity index (χ1n) is 13.1. The second kappa shape index (κ2) is 12.8. The predicted molar refractivity (Wildman–Crippen MR) is 136 cm³/mol. The second-order valence-electron chi connectivity index (χ2n) is 9.64. The van der Waals surface area contributed by atoms with E-state index in [0.717, 1.165) is 37.9 Å². The Labute approximate surface area is 217 Å². The van der Waals surface area contributed by atoms with E-state index in [1.54, 1.807) is 0 Å². The van der Waals surface area contributed by atoms with Gasteiger partial charge in [-0.05, 0) is 51.2 Å². The van der Waals surface area contributed by atoms with Gasteiger partial charge in [0.1, 0.15) is 30.1 Å². The van der Waals surface area contributed by atoms with Gasteiger partial charge in [0.25, 0.3) is 5.91 Å². The number of rotatable bonds is 7. The van der Waals surface area contributed by atoms with Crippen LogP contribution in [0.15, 0.2) is 42.6 Å². The third kappa shape index (κ3) is 6.91. The first-order chi connectivity index (χ1) is 18.0. The molecular weight excluding hydrogens is 476 g/mol. The number of nitrogens with one attached hydrogen (secondary N) is 1. The highest BCUT2D eigenvalue weighted by Gasteiger charge is 2.37. The van der Waals surface area contributed by atoms with Crippen LogP contribution in [0.1, 0.15) is 68.8 Å². The van der Waals surface area contributed by atoms with Crippen molar-refractivity contribution in [3.05, 3.63) is 48.3 Å². The van der Waals surface area contributed by atoms with Crippen LogP contribution in [0.25, 0.3) is 0 Å². The van der Waals surface area contributed by atoms with E-state index in [4.69, 9.17) is 18.9 Å². The second-order valence-corrected chi connectivity index (χ2v) is 9.64. The smallest absolute Gasteiger partial charge is 0.329 e. The molecule has 0 bridgehead atoms. The van der Waals surface area contributed by atoms with Crippen molar-refractivity contribution in [2.24, 2.45) is 0 Å². The maximum atomic E-state index is 13.2. The lowest BCUT2D eigenvalue weighted by Gasteiger charge is -2.35. The molecule has 2 fully saturated rings. The molecule has 1 saturated heterocycles. The Kier molecular flexibility index (Phi) is 9.22. The Morgan fingerprint density at radius 3 is 2.49 bits per heavy atom. The van der Waals surface area contributed by atoms with Gasteiger partial charge in [-0.3, -0.25) is 4.79 Å². The number of ether oxygens (including phenoxy) is 4. The van der Waals surface area contributed by atoms with E-state index in [1.165, 1.54) is 19.4 Å². The molecule has 2 aliphatic rings. The van der Waals surface area contributed by atoms with E-state index in [-0.39, 0.29) is 29.4 Å². The first kappa shape index (κ1) is 26.7. The van der Waals surface area contributed by atoms with Gasteiger partial charge in [0, 0.05) is 12.3 Å². The van der Waals surface area contributed by atoms with Gasteiger partial charge < -0.3 is 29.4 Å². The van der Waals surface area contributed by atoms with Crippen molar-refractivity contribution in [2.75, 3.05) is 7.11 Å². The monoisotopic (exact) mass is 512 g/mol. The SMILES string of the molecule is COc1ccnc(C(=O)N[C@H]2CCCC[C@H](Oc3ccccc3)[C@@H](OC3CCCC3)[C@H](C)OC2=O)c1O. The Bertz CT molecular complexity index is 1040. The lowest BCUT2D eigenvalue weighted by Crippen LogP contribution is -2.49. The van der Waals surface area contributed by atoms with Crippen LogP contribution in [0.3, 0.4) is 0 Å². The van der Waals surface area contributed by atoms with Crippen molar-refractivity contribution in [2.45, 2.75) is 88.7 Å². The van der Waals surface area contributed by atoms with E-state index in [2.05, 4.69) is 10.3 Å². The van der Waals surface area contributed by atoms with Crippen LogP contribution in [0.5, 0.6) is 17.2 Å². The molecule has 1 aromatic carbocycles. The molecule has 2 heterocycles. The van der Waals surface area contributed by atoms with Crippen LogP contribution in [0.4, 0.5) is 0 Å². The number of esters is 1. The van der Waals surface area contributed by atoms with Crippen LogP contribution in [0, 0.1) is 0 Å². The largest absolute Gasteiger partial charge is 0.503 e. The van der Waals surface area contributed by atoms with Crippen molar-refractivity contribution in [1.82, 2.24) is 10.3 Å². The Morgan fingerprint density at radius 1 is 1.05 bits per heavy atom. The van der Waals surface area contributed by atoms with E-state index in [0.29, 0.717) is 19.3 Å². The average molecular weight is 513 g/mol. The number of cyclic esters (lactones) is 1. The molecule has 200 valence electrons. The summed E-state index contributed by atoms with van der Waals surface area (Å²) in [6.07, 6.45) is 6.87. The van der Waals surface area contributed by atoms with Crippen LogP contribution in [-0.2, 0) is 14.3 Å². The third-order valence-electron chi connectivity index (χ3n) is 6.96. The number of nitrogens with zero attached hydrogens (tertiary/aromatic N) is 1. The maximum absolute atomic E-state index is 13.2. The fourth-order valence-corrected chi connectivity index (χ4v) is 4.98. The topological polar surface area (TPSA) is 116 Å². The maximum Gasteiger partial charge on any atom is 0.329 e. The average Bonchev–Trinajstić information content (AvgIpc) is 3.42. The van der Waals surface area contributed by atoms with Crippen LogP contribution >= 0.6 is 0 Å². The number of pyridine rings is 1. The summed E-state index contributed by atoms with van der Waals surface area (Å²) in [4.78, 5) is 30.1. The Balaban J connectivity index is 1.50. The molecule has 1 aliphatic heterocycles. The zero-order valence-corrected chi connectivity index (χ0v) is 21.4. The van der Waals surface area contributed by atoms with Gasteiger partial charge in [0.15, 0.2) is 17.2 Å². The molecule has 1 amide bonds. The number of hydrogen-bond acceptors (Lipinski definition) is 8. The lowest BCUT2D eigenvalue weighted by molar-refractivity contribution is -0.171. The standard InChI is InChI=1S/C28H36N2O7/c1-18-26(37-20-12-6-7-13-20)23(36-19-10-4-3-5-11-19)15-9-8-14-21(28(33)35-18)30-27(32)24-25(31)22(34-2)16-17-29-24/h3-5,10-11,16-18,20-21,23,26,31H,6-9,12-15H2,1-2H3,(H,30,32)/t18-,21-,23-,26-/m0/s1. The minimum absolute atomic E-state index is 0.105. The molecule has 37 heavy (non-hydrogen) atoms. The molecule has 4 rings (SSSR count). The zero-order chi connectivity index (χ0) is 26.2. The molecule has 0 unspecified atom stereocenters. The molecule has 1 saturated carbocycles. The van der Waals surface area contributed by atoms with Crippen molar-refractivity contribution in [1.29, 1.82) is 0 Å². The highest BCUT2D eigenvalue weighted by molar-refractivity contribution is 5.97. The number of carbonyl (C=O) groups is 2. The highest BCUT2D eigenvalue weighted by atomic mass is 16.6. The van der Waals surface area contributed by atoms with Gasteiger partial charge in [0.05, 0.1) is 13.2 Å². The molecule has 4 atom stereocenters. The highest BCUT2D eigenvalue weighted by Crippen LogP contribution is 2.30. The molecule has 0 spiro atoms. The van der Waals surface area contributed by atoms with Crippen LogP contribution < -0.4 is 14.8 Å². The summed E-state index contributed by atoms with van der Waals surface area (Å²) in [5, 5.41) is 13.0. The van der Waals surface area contributed by atoms with Crippen LogP contribution in [-0.4, -0.2) is 59.5 Å². The van der Waals surface area contributed by atoms with Gasteiger partial charge in [0.2, 0.25) is 0 Å².